The molecule has 6 heteroatoms. The lowest BCUT2D eigenvalue weighted by molar-refractivity contribution is -0.274. The van der Waals surface area contributed by atoms with Crippen molar-refractivity contribution in [1.82, 2.24) is 0 Å². The second kappa shape index (κ2) is 5.80. The van der Waals surface area contributed by atoms with Crippen LogP contribution in [-0.4, -0.2) is 11.5 Å². The van der Waals surface area contributed by atoms with Crippen molar-refractivity contribution in [2.45, 2.75) is 32.7 Å². The molecule has 1 atom stereocenters. The molecule has 1 aromatic carbocycles. The molecule has 102 valence electrons. The standard InChI is InChI=1S/C12H14ClF3O2/c1-7(2)5-11(17)9-6-8(3-4-10(9)13)18-12(14,15)16/h3-4,6-7,11,17H,5H2,1-2H3. The molecule has 0 saturated heterocycles. The van der Waals surface area contributed by atoms with Gasteiger partial charge in [-0.3, -0.25) is 0 Å². The number of aliphatic hydroxyl groups excluding tert-OH is 1. The van der Waals surface area contributed by atoms with Crippen LogP contribution in [0.4, 0.5) is 13.2 Å². The molecule has 1 N–H and O–H groups in total. The fourth-order valence-corrected chi connectivity index (χ4v) is 1.79. The molecular weight excluding hydrogens is 269 g/mol. The molecule has 0 heterocycles. The first-order valence-electron chi connectivity index (χ1n) is 5.42. The van der Waals surface area contributed by atoms with E-state index < -0.39 is 12.5 Å². The Morgan fingerprint density at radius 3 is 2.44 bits per heavy atom. The number of hydrogen-bond acceptors (Lipinski definition) is 2. The molecule has 0 amide bonds. The van der Waals surface area contributed by atoms with Crippen molar-refractivity contribution in [2.75, 3.05) is 0 Å². The monoisotopic (exact) mass is 282 g/mol. The van der Waals surface area contributed by atoms with Crippen LogP contribution >= 0.6 is 11.6 Å². The van der Waals surface area contributed by atoms with Crippen LogP contribution in [0.25, 0.3) is 0 Å². The van der Waals surface area contributed by atoms with E-state index in [0.717, 1.165) is 12.1 Å². The summed E-state index contributed by atoms with van der Waals surface area (Å²) in [5.41, 5.74) is 0.243. The number of rotatable bonds is 4. The van der Waals surface area contributed by atoms with Crippen LogP contribution < -0.4 is 4.74 Å². The maximum absolute atomic E-state index is 12.1. The van der Waals surface area contributed by atoms with Crippen molar-refractivity contribution in [3.63, 3.8) is 0 Å². The molecule has 0 fully saturated rings. The molecule has 0 aliphatic rings. The molecule has 0 aliphatic carbocycles. The van der Waals surface area contributed by atoms with Crippen molar-refractivity contribution >= 4 is 11.6 Å². The molecule has 0 radical (unpaired) electrons. The smallest absolute Gasteiger partial charge is 0.406 e. The van der Waals surface area contributed by atoms with Crippen molar-refractivity contribution in [2.24, 2.45) is 5.92 Å². The van der Waals surface area contributed by atoms with Crippen molar-refractivity contribution < 1.29 is 23.0 Å². The zero-order valence-corrected chi connectivity index (χ0v) is 10.7. The fraction of sp³-hybridized carbons (Fsp3) is 0.500. The third-order valence-corrected chi connectivity index (χ3v) is 2.60. The average Bonchev–Trinajstić information content (AvgIpc) is 2.17. The number of halogens is 4. The van der Waals surface area contributed by atoms with E-state index in [1.807, 2.05) is 13.8 Å². The van der Waals surface area contributed by atoms with E-state index in [0.29, 0.717) is 6.42 Å². The minimum Gasteiger partial charge on any atom is -0.406 e. The number of ether oxygens (including phenoxy) is 1. The second-order valence-electron chi connectivity index (χ2n) is 4.38. The average molecular weight is 283 g/mol. The van der Waals surface area contributed by atoms with Gasteiger partial charge in [-0.2, -0.15) is 0 Å². The normalized spacial score (nSPS) is 13.8. The Morgan fingerprint density at radius 1 is 1.33 bits per heavy atom. The van der Waals surface area contributed by atoms with Crippen molar-refractivity contribution in [3.8, 4) is 5.75 Å². The predicted octanol–water partition coefficient (Wildman–Crippen LogP) is 4.32. The predicted molar refractivity (Wildman–Crippen MR) is 62.5 cm³/mol. The molecule has 1 unspecified atom stereocenters. The summed E-state index contributed by atoms with van der Waals surface area (Å²) in [6.07, 6.45) is -5.25. The number of aliphatic hydroxyl groups is 1. The molecule has 18 heavy (non-hydrogen) atoms. The summed E-state index contributed by atoms with van der Waals surface area (Å²) in [5, 5.41) is 10.1. The molecule has 0 aromatic heterocycles. The highest BCUT2D eigenvalue weighted by Crippen LogP contribution is 2.32. The van der Waals surface area contributed by atoms with Crippen LogP contribution in [-0.2, 0) is 0 Å². The Labute approximate surface area is 108 Å². The number of hydrogen-bond donors (Lipinski definition) is 1. The van der Waals surface area contributed by atoms with Gasteiger partial charge in [0.15, 0.2) is 0 Å². The van der Waals surface area contributed by atoms with E-state index in [-0.39, 0.29) is 22.3 Å². The molecule has 2 nitrogen and oxygen atoms in total. The topological polar surface area (TPSA) is 29.5 Å². The summed E-state index contributed by atoms with van der Waals surface area (Å²) >= 11 is 5.85. The van der Waals surface area contributed by atoms with Gasteiger partial charge in [0.1, 0.15) is 5.75 Å². The summed E-state index contributed by atoms with van der Waals surface area (Å²) in [7, 11) is 0. The number of alkyl halides is 3. The van der Waals surface area contributed by atoms with Crippen molar-refractivity contribution in [1.29, 1.82) is 0 Å². The highest BCUT2D eigenvalue weighted by Gasteiger charge is 2.31. The van der Waals surface area contributed by atoms with Crippen LogP contribution in [0.2, 0.25) is 5.02 Å². The molecule has 0 bridgehead atoms. The first-order chi connectivity index (χ1) is 8.19. The van der Waals surface area contributed by atoms with Gasteiger partial charge in [0.05, 0.1) is 6.10 Å². The van der Waals surface area contributed by atoms with E-state index in [4.69, 9.17) is 11.6 Å². The SMILES string of the molecule is CC(C)CC(O)c1cc(OC(F)(F)F)ccc1Cl. The first kappa shape index (κ1) is 15.1. The Bertz CT molecular complexity index is 405. The fourth-order valence-electron chi connectivity index (χ4n) is 1.55. The highest BCUT2D eigenvalue weighted by atomic mass is 35.5. The van der Waals surface area contributed by atoms with Gasteiger partial charge in [0.2, 0.25) is 0 Å². The van der Waals surface area contributed by atoms with Gasteiger partial charge in [0.25, 0.3) is 0 Å². The molecule has 1 rings (SSSR count). The molecular formula is C12H14ClF3O2. The van der Waals surface area contributed by atoms with Gasteiger partial charge in [-0.25, -0.2) is 0 Å². The minimum atomic E-state index is -4.76. The lowest BCUT2D eigenvalue weighted by Gasteiger charge is -2.16. The van der Waals surface area contributed by atoms with Gasteiger partial charge in [-0.15, -0.1) is 13.2 Å². The maximum atomic E-state index is 12.1. The summed E-state index contributed by atoms with van der Waals surface area (Å²) in [4.78, 5) is 0. The zero-order chi connectivity index (χ0) is 13.9. The van der Waals surface area contributed by atoms with E-state index in [2.05, 4.69) is 4.74 Å². The van der Waals surface area contributed by atoms with Gasteiger partial charge in [0, 0.05) is 10.6 Å². The van der Waals surface area contributed by atoms with Crippen LogP contribution in [0.5, 0.6) is 5.75 Å². The van der Waals surface area contributed by atoms with Crippen LogP contribution in [0.1, 0.15) is 31.9 Å². The van der Waals surface area contributed by atoms with Crippen LogP contribution in [0, 0.1) is 5.92 Å². The number of benzene rings is 1. The van der Waals surface area contributed by atoms with E-state index in [1.165, 1.54) is 6.07 Å². The summed E-state index contributed by atoms with van der Waals surface area (Å²) in [6.45, 7) is 3.79. The Hall–Kier alpha value is -0.940. The molecule has 0 spiro atoms. The van der Waals surface area contributed by atoms with Crippen LogP contribution in [0.3, 0.4) is 0 Å². The lowest BCUT2D eigenvalue weighted by atomic mass is 9.99. The Kier molecular flexibility index (Phi) is 4.87. The van der Waals surface area contributed by atoms with E-state index in [1.54, 1.807) is 0 Å². The van der Waals surface area contributed by atoms with Crippen LogP contribution in [0.15, 0.2) is 18.2 Å². The third-order valence-electron chi connectivity index (χ3n) is 2.25. The third kappa shape index (κ3) is 4.74. The van der Waals surface area contributed by atoms with Gasteiger partial charge < -0.3 is 9.84 Å². The lowest BCUT2D eigenvalue weighted by Crippen LogP contribution is -2.17. The van der Waals surface area contributed by atoms with E-state index >= 15 is 0 Å². The van der Waals surface area contributed by atoms with Gasteiger partial charge in [-0.1, -0.05) is 25.4 Å². The zero-order valence-electron chi connectivity index (χ0n) is 9.96. The summed E-state index contributed by atoms with van der Waals surface area (Å²) in [6, 6.07) is 3.51. The molecule has 0 aliphatic heterocycles. The van der Waals surface area contributed by atoms with Gasteiger partial charge in [-0.05, 0) is 30.5 Å². The first-order valence-corrected chi connectivity index (χ1v) is 5.80. The Balaban J connectivity index is 2.94. The second-order valence-corrected chi connectivity index (χ2v) is 4.78. The highest BCUT2D eigenvalue weighted by molar-refractivity contribution is 6.31. The van der Waals surface area contributed by atoms with E-state index in [9.17, 15) is 18.3 Å². The minimum absolute atomic E-state index is 0.197. The van der Waals surface area contributed by atoms with Gasteiger partial charge >= 0.3 is 6.36 Å². The quantitative estimate of drug-likeness (QED) is 0.891. The summed E-state index contributed by atoms with van der Waals surface area (Å²) < 4.78 is 40.0. The summed E-state index contributed by atoms with van der Waals surface area (Å²) in [5.74, 6) is -0.187. The maximum Gasteiger partial charge on any atom is 0.573 e. The molecule has 0 saturated carbocycles. The Morgan fingerprint density at radius 2 is 1.94 bits per heavy atom. The largest absolute Gasteiger partial charge is 0.573 e. The van der Waals surface area contributed by atoms with Crippen molar-refractivity contribution in [3.05, 3.63) is 28.8 Å². The molecule has 1 aromatic rings.